The second-order valence-electron chi connectivity index (χ2n) is 4.17. The molecule has 0 aliphatic rings. The van der Waals surface area contributed by atoms with Gasteiger partial charge >= 0.3 is 0 Å². The van der Waals surface area contributed by atoms with E-state index in [2.05, 4.69) is 4.98 Å². The molecule has 1 aromatic carbocycles. The SMILES string of the molecule is COc1ccnc(CS(=O)c2ccc(Cl)cc2N)c1OC. The van der Waals surface area contributed by atoms with E-state index in [1.54, 1.807) is 30.5 Å². The van der Waals surface area contributed by atoms with Gasteiger partial charge < -0.3 is 15.2 Å². The van der Waals surface area contributed by atoms with Crippen molar-refractivity contribution in [2.75, 3.05) is 20.0 Å². The number of pyridine rings is 1. The van der Waals surface area contributed by atoms with Gasteiger partial charge in [0.2, 0.25) is 0 Å². The number of hydrogen-bond donors (Lipinski definition) is 1. The highest BCUT2D eigenvalue weighted by molar-refractivity contribution is 7.84. The van der Waals surface area contributed by atoms with Gasteiger partial charge in [-0.3, -0.25) is 9.19 Å². The number of aromatic nitrogens is 1. The molecule has 0 bridgehead atoms. The summed E-state index contributed by atoms with van der Waals surface area (Å²) >= 11 is 5.84. The molecule has 0 saturated heterocycles. The van der Waals surface area contributed by atoms with Crippen LogP contribution in [0.2, 0.25) is 5.02 Å². The largest absolute Gasteiger partial charge is 0.493 e. The molecule has 1 aromatic heterocycles. The van der Waals surface area contributed by atoms with E-state index in [4.69, 9.17) is 26.8 Å². The highest BCUT2D eigenvalue weighted by Crippen LogP contribution is 2.31. The molecule has 0 fully saturated rings. The molecule has 5 nitrogen and oxygen atoms in total. The highest BCUT2D eigenvalue weighted by Gasteiger charge is 2.16. The monoisotopic (exact) mass is 326 g/mol. The molecule has 1 heterocycles. The van der Waals surface area contributed by atoms with Crippen molar-refractivity contribution in [1.29, 1.82) is 0 Å². The number of ether oxygens (including phenoxy) is 2. The van der Waals surface area contributed by atoms with Crippen molar-refractivity contribution in [3.8, 4) is 11.5 Å². The summed E-state index contributed by atoms with van der Waals surface area (Å²) in [6, 6.07) is 6.56. The van der Waals surface area contributed by atoms with Crippen LogP contribution in [0.25, 0.3) is 0 Å². The van der Waals surface area contributed by atoms with Crippen LogP contribution >= 0.6 is 11.6 Å². The summed E-state index contributed by atoms with van der Waals surface area (Å²) in [4.78, 5) is 4.73. The number of anilines is 1. The van der Waals surface area contributed by atoms with E-state index in [-0.39, 0.29) is 5.75 Å². The minimum absolute atomic E-state index is 0.173. The van der Waals surface area contributed by atoms with Gasteiger partial charge in [0.1, 0.15) is 0 Å². The third kappa shape index (κ3) is 3.46. The van der Waals surface area contributed by atoms with Crippen molar-refractivity contribution in [1.82, 2.24) is 4.98 Å². The first-order valence-corrected chi connectivity index (χ1v) is 7.75. The third-order valence-corrected chi connectivity index (χ3v) is 4.48. The van der Waals surface area contributed by atoms with Gasteiger partial charge in [0, 0.05) is 23.0 Å². The first-order valence-electron chi connectivity index (χ1n) is 6.06. The maximum absolute atomic E-state index is 12.5. The summed E-state index contributed by atoms with van der Waals surface area (Å²) in [5.74, 6) is 1.19. The Balaban J connectivity index is 2.31. The van der Waals surface area contributed by atoms with Gasteiger partial charge in [0.25, 0.3) is 0 Å². The number of nitrogens with two attached hydrogens (primary N) is 1. The van der Waals surface area contributed by atoms with Crippen LogP contribution in [0, 0.1) is 0 Å². The molecule has 0 aliphatic heterocycles. The Bertz CT molecular complexity index is 679. The zero-order valence-corrected chi connectivity index (χ0v) is 13.2. The minimum Gasteiger partial charge on any atom is -0.493 e. The smallest absolute Gasteiger partial charge is 0.183 e. The topological polar surface area (TPSA) is 74.4 Å². The Hall–Kier alpha value is -1.79. The third-order valence-electron chi connectivity index (χ3n) is 2.85. The molecule has 0 radical (unpaired) electrons. The molecule has 1 atom stereocenters. The fourth-order valence-corrected chi connectivity index (χ4v) is 3.21. The Morgan fingerprint density at radius 2 is 2.05 bits per heavy atom. The molecule has 0 aliphatic carbocycles. The molecule has 2 N–H and O–H groups in total. The van der Waals surface area contributed by atoms with E-state index in [1.165, 1.54) is 14.2 Å². The lowest BCUT2D eigenvalue weighted by molar-refractivity contribution is 0.350. The maximum Gasteiger partial charge on any atom is 0.183 e. The van der Waals surface area contributed by atoms with Gasteiger partial charge in [0.05, 0.1) is 41.4 Å². The maximum atomic E-state index is 12.5. The van der Waals surface area contributed by atoms with Crippen LogP contribution in [0.5, 0.6) is 11.5 Å². The van der Waals surface area contributed by atoms with E-state index in [1.807, 2.05) is 0 Å². The van der Waals surface area contributed by atoms with Crippen LogP contribution in [0.4, 0.5) is 5.69 Å². The molecular formula is C14H15ClN2O3S. The summed E-state index contributed by atoms with van der Waals surface area (Å²) in [5.41, 5.74) is 6.79. The van der Waals surface area contributed by atoms with Crippen LogP contribution in [0.3, 0.4) is 0 Å². The Morgan fingerprint density at radius 1 is 1.29 bits per heavy atom. The number of benzene rings is 1. The second-order valence-corrected chi connectivity index (χ2v) is 6.02. The van der Waals surface area contributed by atoms with E-state index in [0.717, 1.165) is 0 Å². The van der Waals surface area contributed by atoms with Crippen molar-refractivity contribution in [3.05, 3.63) is 41.2 Å². The molecular weight excluding hydrogens is 312 g/mol. The lowest BCUT2D eigenvalue weighted by Crippen LogP contribution is -2.05. The molecule has 0 amide bonds. The molecule has 2 aromatic rings. The van der Waals surface area contributed by atoms with Gasteiger partial charge in [-0.25, -0.2) is 0 Å². The van der Waals surface area contributed by atoms with Gasteiger partial charge in [-0.1, -0.05) is 11.6 Å². The van der Waals surface area contributed by atoms with Gasteiger partial charge in [-0.05, 0) is 18.2 Å². The predicted molar refractivity (Wildman–Crippen MR) is 83.3 cm³/mol. The number of hydrogen-bond acceptors (Lipinski definition) is 5. The zero-order valence-electron chi connectivity index (χ0n) is 11.6. The number of nitrogen functional groups attached to an aromatic ring is 1. The predicted octanol–water partition coefficient (Wildman–Crippen LogP) is 2.64. The van der Waals surface area contributed by atoms with Crippen molar-refractivity contribution in [2.24, 2.45) is 0 Å². The van der Waals surface area contributed by atoms with Gasteiger partial charge in [-0.2, -0.15) is 0 Å². The van der Waals surface area contributed by atoms with Crippen molar-refractivity contribution in [2.45, 2.75) is 10.6 Å². The van der Waals surface area contributed by atoms with Gasteiger partial charge in [0.15, 0.2) is 11.5 Å². The molecule has 0 saturated carbocycles. The lowest BCUT2D eigenvalue weighted by Gasteiger charge is -2.12. The van der Waals surface area contributed by atoms with E-state index in [9.17, 15) is 4.21 Å². The number of rotatable bonds is 5. The van der Waals surface area contributed by atoms with E-state index in [0.29, 0.717) is 32.8 Å². The average molecular weight is 327 g/mol. The Labute approximate surface area is 130 Å². The Morgan fingerprint density at radius 3 is 2.67 bits per heavy atom. The number of nitrogens with zero attached hydrogens (tertiary/aromatic N) is 1. The lowest BCUT2D eigenvalue weighted by atomic mass is 10.3. The molecule has 7 heteroatoms. The van der Waals surface area contributed by atoms with Crippen LogP contribution in [0.15, 0.2) is 35.4 Å². The zero-order chi connectivity index (χ0) is 15.4. The van der Waals surface area contributed by atoms with Crippen molar-refractivity contribution < 1.29 is 13.7 Å². The number of methoxy groups -OCH3 is 2. The average Bonchev–Trinajstić information content (AvgIpc) is 2.46. The van der Waals surface area contributed by atoms with Crippen molar-refractivity contribution >= 4 is 28.1 Å². The minimum atomic E-state index is -1.36. The normalized spacial score (nSPS) is 12.0. The fraction of sp³-hybridized carbons (Fsp3) is 0.214. The van der Waals surface area contributed by atoms with E-state index < -0.39 is 10.8 Å². The van der Waals surface area contributed by atoms with Gasteiger partial charge in [-0.15, -0.1) is 0 Å². The van der Waals surface area contributed by atoms with Crippen LogP contribution in [-0.4, -0.2) is 23.4 Å². The molecule has 21 heavy (non-hydrogen) atoms. The summed E-state index contributed by atoms with van der Waals surface area (Å²) in [5, 5.41) is 0.505. The van der Waals surface area contributed by atoms with Crippen molar-refractivity contribution in [3.63, 3.8) is 0 Å². The standard InChI is InChI=1S/C14H15ClN2O3S/c1-19-12-5-6-17-11(14(12)20-2)8-21(18)13-4-3-9(15)7-10(13)16/h3-7H,8,16H2,1-2H3. The Kier molecular flexibility index (Phi) is 5.03. The van der Waals surface area contributed by atoms with Crippen LogP contribution < -0.4 is 15.2 Å². The quantitative estimate of drug-likeness (QED) is 0.855. The molecule has 1 unspecified atom stereocenters. The summed E-state index contributed by atoms with van der Waals surface area (Å²) in [7, 11) is 1.70. The fourth-order valence-electron chi connectivity index (χ4n) is 1.88. The summed E-state index contributed by atoms with van der Waals surface area (Å²) < 4.78 is 22.9. The molecule has 2 rings (SSSR count). The van der Waals surface area contributed by atoms with Crippen LogP contribution in [-0.2, 0) is 16.6 Å². The first kappa shape index (κ1) is 15.6. The molecule has 112 valence electrons. The molecule has 0 spiro atoms. The second kappa shape index (κ2) is 6.78. The summed E-state index contributed by atoms with van der Waals surface area (Å²) in [6.07, 6.45) is 1.58. The van der Waals surface area contributed by atoms with Crippen LogP contribution in [0.1, 0.15) is 5.69 Å². The van der Waals surface area contributed by atoms with E-state index >= 15 is 0 Å². The highest BCUT2D eigenvalue weighted by atomic mass is 35.5. The number of halogens is 1. The first-order chi connectivity index (χ1) is 10.1. The summed E-state index contributed by atoms with van der Waals surface area (Å²) in [6.45, 7) is 0.